The van der Waals surface area contributed by atoms with Crippen molar-refractivity contribution in [3.8, 4) is 0 Å². The van der Waals surface area contributed by atoms with Crippen LogP contribution >= 0.6 is 15.9 Å². The van der Waals surface area contributed by atoms with Crippen LogP contribution in [0, 0.1) is 6.92 Å². The molecular formula is C15H20BrNO. The molecule has 0 bridgehead atoms. The predicted molar refractivity (Wildman–Crippen MR) is 80.9 cm³/mol. The molecule has 1 rings (SSSR count). The van der Waals surface area contributed by atoms with Gasteiger partial charge in [-0.05, 0) is 58.4 Å². The molecule has 0 aliphatic carbocycles. The summed E-state index contributed by atoms with van der Waals surface area (Å²) >= 11 is 3.48. The lowest BCUT2D eigenvalue weighted by atomic mass is 10.1. The van der Waals surface area contributed by atoms with Gasteiger partial charge in [-0.1, -0.05) is 21.5 Å². The highest BCUT2D eigenvalue weighted by Gasteiger charge is 2.17. The van der Waals surface area contributed by atoms with Crippen LogP contribution in [-0.4, -0.2) is 11.9 Å². The van der Waals surface area contributed by atoms with E-state index in [2.05, 4.69) is 15.9 Å². The Morgan fingerprint density at radius 3 is 2.39 bits per heavy atom. The van der Waals surface area contributed by atoms with Gasteiger partial charge in [-0.25, -0.2) is 0 Å². The Balaban J connectivity index is 3.16. The maximum absolute atomic E-state index is 12.2. The summed E-state index contributed by atoms with van der Waals surface area (Å²) in [5.41, 5.74) is 3.08. The second-order valence-corrected chi connectivity index (χ2v) is 5.81. The highest BCUT2D eigenvalue weighted by molar-refractivity contribution is 9.10. The zero-order chi connectivity index (χ0) is 13.9. The Morgan fingerprint density at radius 1 is 1.33 bits per heavy atom. The molecule has 0 N–H and O–H groups in total. The SMILES string of the molecule is CC(C)=CC(=O)N(c1ccc(Br)c(C)c1)C(C)C. The van der Waals surface area contributed by atoms with Crippen LogP contribution in [-0.2, 0) is 4.79 Å². The summed E-state index contributed by atoms with van der Waals surface area (Å²) in [6, 6.07) is 6.11. The summed E-state index contributed by atoms with van der Waals surface area (Å²) in [6.07, 6.45) is 1.68. The minimum absolute atomic E-state index is 0.0340. The van der Waals surface area contributed by atoms with Crippen molar-refractivity contribution in [1.29, 1.82) is 0 Å². The van der Waals surface area contributed by atoms with Crippen LogP contribution < -0.4 is 4.90 Å². The number of aryl methyl sites for hydroxylation is 1. The lowest BCUT2D eigenvalue weighted by Gasteiger charge is -2.26. The van der Waals surface area contributed by atoms with Gasteiger partial charge in [0.05, 0.1) is 0 Å². The second-order valence-electron chi connectivity index (χ2n) is 4.96. The average Bonchev–Trinajstić information content (AvgIpc) is 2.21. The number of allylic oxidation sites excluding steroid dienone is 1. The van der Waals surface area contributed by atoms with Crippen LogP contribution in [0.5, 0.6) is 0 Å². The molecule has 1 aromatic rings. The average molecular weight is 310 g/mol. The van der Waals surface area contributed by atoms with Crippen molar-refractivity contribution in [2.75, 3.05) is 4.90 Å². The van der Waals surface area contributed by atoms with Crippen molar-refractivity contribution in [3.05, 3.63) is 39.9 Å². The van der Waals surface area contributed by atoms with Crippen LogP contribution in [0.1, 0.15) is 33.3 Å². The van der Waals surface area contributed by atoms with Crippen LogP contribution in [0.4, 0.5) is 5.69 Å². The lowest BCUT2D eigenvalue weighted by molar-refractivity contribution is -0.114. The maximum Gasteiger partial charge on any atom is 0.251 e. The molecule has 0 radical (unpaired) electrons. The normalized spacial score (nSPS) is 10.4. The van der Waals surface area contributed by atoms with E-state index in [1.165, 1.54) is 0 Å². The van der Waals surface area contributed by atoms with Crippen molar-refractivity contribution in [2.24, 2.45) is 0 Å². The highest BCUT2D eigenvalue weighted by Crippen LogP contribution is 2.24. The molecule has 0 saturated heterocycles. The molecule has 3 heteroatoms. The van der Waals surface area contributed by atoms with Gasteiger partial charge in [0, 0.05) is 22.3 Å². The maximum atomic E-state index is 12.2. The molecular weight excluding hydrogens is 290 g/mol. The first-order valence-electron chi connectivity index (χ1n) is 6.07. The van der Waals surface area contributed by atoms with E-state index in [4.69, 9.17) is 0 Å². The molecule has 2 nitrogen and oxygen atoms in total. The number of carbonyl (C=O) groups is 1. The largest absolute Gasteiger partial charge is 0.306 e. The Kier molecular flexibility index (Phi) is 5.15. The van der Waals surface area contributed by atoms with Crippen molar-refractivity contribution in [3.63, 3.8) is 0 Å². The van der Waals surface area contributed by atoms with E-state index in [0.717, 1.165) is 21.3 Å². The van der Waals surface area contributed by atoms with Crippen molar-refractivity contribution >= 4 is 27.5 Å². The molecule has 0 unspecified atom stereocenters. The monoisotopic (exact) mass is 309 g/mol. The zero-order valence-corrected chi connectivity index (χ0v) is 13.2. The van der Waals surface area contributed by atoms with E-state index in [1.54, 1.807) is 6.08 Å². The molecule has 0 aromatic heterocycles. The van der Waals surface area contributed by atoms with Gasteiger partial charge in [0.1, 0.15) is 0 Å². The molecule has 0 atom stereocenters. The fourth-order valence-electron chi connectivity index (χ4n) is 1.78. The molecule has 0 fully saturated rings. The van der Waals surface area contributed by atoms with Gasteiger partial charge in [-0.15, -0.1) is 0 Å². The molecule has 0 spiro atoms. The van der Waals surface area contributed by atoms with Crippen LogP contribution in [0.3, 0.4) is 0 Å². The number of halogens is 1. The van der Waals surface area contributed by atoms with E-state index in [9.17, 15) is 4.79 Å². The van der Waals surface area contributed by atoms with Crippen molar-refractivity contribution in [2.45, 2.75) is 40.7 Å². The quantitative estimate of drug-likeness (QED) is 0.755. The van der Waals surface area contributed by atoms with Gasteiger partial charge >= 0.3 is 0 Å². The summed E-state index contributed by atoms with van der Waals surface area (Å²) in [6.45, 7) is 9.94. The topological polar surface area (TPSA) is 20.3 Å². The zero-order valence-electron chi connectivity index (χ0n) is 11.6. The molecule has 1 amide bonds. The van der Waals surface area contributed by atoms with Gasteiger partial charge < -0.3 is 4.90 Å². The summed E-state index contributed by atoms with van der Waals surface area (Å²) in [4.78, 5) is 14.0. The number of benzene rings is 1. The fraction of sp³-hybridized carbons (Fsp3) is 0.400. The number of carbonyl (C=O) groups excluding carboxylic acids is 1. The van der Waals surface area contributed by atoms with Crippen LogP contribution in [0.15, 0.2) is 34.3 Å². The number of anilines is 1. The molecule has 0 aliphatic heterocycles. The standard InChI is InChI=1S/C15H20BrNO/c1-10(2)8-15(18)17(11(3)4)13-6-7-14(16)12(5)9-13/h6-9,11H,1-5H3. The first-order chi connectivity index (χ1) is 8.32. The van der Waals surface area contributed by atoms with E-state index in [0.29, 0.717) is 0 Å². The van der Waals surface area contributed by atoms with Gasteiger partial charge in [0.2, 0.25) is 0 Å². The molecule has 0 aliphatic rings. The molecule has 18 heavy (non-hydrogen) atoms. The molecule has 0 saturated carbocycles. The minimum atomic E-state index is 0.0340. The van der Waals surface area contributed by atoms with E-state index < -0.39 is 0 Å². The Labute approximate surface area is 118 Å². The first kappa shape index (κ1) is 15.0. The molecule has 1 aromatic carbocycles. The number of nitrogens with zero attached hydrogens (tertiary/aromatic N) is 1. The summed E-state index contributed by atoms with van der Waals surface area (Å²) in [5.74, 6) is 0.0340. The summed E-state index contributed by atoms with van der Waals surface area (Å²) < 4.78 is 1.06. The van der Waals surface area contributed by atoms with Gasteiger partial charge in [-0.2, -0.15) is 0 Å². The van der Waals surface area contributed by atoms with E-state index in [1.807, 2.05) is 57.7 Å². The number of hydrogen-bond donors (Lipinski definition) is 0. The van der Waals surface area contributed by atoms with Gasteiger partial charge in [0.15, 0.2) is 0 Å². The number of hydrogen-bond acceptors (Lipinski definition) is 1. The minimum Gasteiger partial charge on any atom is -0.306 e. The third kappa shape index (κ3) is 3.70. The summed E-state index contributed by atoms with van der Waals surface area (Å²) in [7, 11) is 0. The van der Waals surface area contributed by atoms with E-state index >= 15 is 0 Å². The smallest absolute Gasteiger partial charge is 0.251 e. The van der Waals surface area contributed by atoms with Crippen molar-refractivity contribution < 1.29 is 4.79 Å². The number of rotatable bonds is 3. The van der Waals surface area contributed by atoms with Crippen LogP contribution in [0.25, 0.3) is 0 Å². The van der Waals surface area contributed by atoms with Gasteiger partial charge in [0.25, 0.3) is 5.91 Å². The lowest BCUT2D eigenvalue weighted by Crippen LogP contribution is -2.36. The predicted octanol–water partition coefficient (Wildman–Crippen LogP) is 4.47. The van der Waals surface area contributed by atoms with E-state index in [-0.39, 0.29) is 11.9 Å². The number of amides is 1. The second kappa shape index (κ2) is 6.19. The Bertz CT molecular complexity index is 473. The van der Waals surface area contributed by atoms with Crippen molar-refractivity contribution in [1.82, 2.24) is 0 Å². The summed E-state index contributed by atoms with van der Waals surface area (Å²) in [5, 5.41) is 0. The molecule has 0 heterocycles. The molecule has 98 valence electrons. The third-order valence-corrected chi connectivity index (χ3v) is 3.48. The third-order valence-electron chi connectivity index (χ3n) is 2.59. The van der Waals surface area contributed by atoms with Gasteiger partial charge in [-0.3, -0.25) is 4.79 Å². The first-order valence-corrected chi connectivity index (χ1v) is 6.86. The highest BCUT2D eigenvalue weighted by atomic mass is 79.9. The Morgan fingerprint density at radius 2 is 1.94 bits per heavy atom. The van der Waals surface area contributed by atoms with Crippen LogP contribution in [0.2, 0.25) is 0 Å². The fourth-order valence-corrected chi connectivity index (χ4v) is 2.02. The Hall–Kier alpha value is -1.09.